The lowest BCUT2D eigenvalue weighted by molar-refractivity contribution is 0.00578. The molecule has 0 bridgehead atoms. The third kappa shape index (κ3) is 16.6. The van der Waals surface area contributed by atoms with Crippen LogP contribution in [0.15, 0.2) is 121 Å². The molecule has 3 fully saturated rings. The van der Waals surface area contributed by atoms with Gasteiger partial charge in [0.1, 0.15) is 22.3 Å². The lowest BCUT2D eigenvalue weighted by atomic mass is 9.85. The van der Waals surface area contributed by atoms with Gasteiger partial charge in [-0.05, 0) is 146 Å². The van der Waals surface area contributed by atoms with Gasteiger partial charge >= 0.3 is 7.12 Å². The first-order chi connectivity index (χ1) is 43.9. The number of hydrogen-bond donors (Lipinski definition) is 3. The van der Waals surface area contributed by atoms with Gasteiger partial charge in [-0.1, -0.05) is 34.8 Å². The number of carbonyl (C=O) groups excluding carboxylic acids is 2. The van der Waals surface area contributed by atoms with Crippen molar-refractivity contribution < 1.29 is 43.0 Å². The normalized spacial score (nSPS) is 14.8. The molecule has 92 heavy (non-hydrogen) atoms. The Morgan fingerprint density at radius 2 is 1.15 bits per heavy atom. The first-order valence-electron chi connectivity index (χ1n) is 28.4. The number of aryl methyl sites for hydroxylation is 2. The molecule has 8 heterocycles. The second-order valence-corrected chi connectivity index (χ2v) is 24.4. The number of nitrogens with zero attached hydrogens (tertiary/aromatic N) is 12. The number of amides is 2. The number of phenols is 1. The Hall–Kier alpha value is -7.69. The number of carbonyl (C=O) groups is 2. The number of nitrogens with one attached hydrogen (secondary N) is 1. The SMILES string of the molecule is COc1c(-c2cnn(C)c2)cc(Cl)c2cnc(Nc3ccc(C(=O)N4CCOCC4)cc3)nc12.COc1c(Br)cc(Cl)c2cnc(Cl)nc12.Cn1ccc(B2OC(C)(C)C(C)(C)O2)n1.Nc1ccc(C(=O)N2CCOCC2)cc1.Oc1ccc(Cl)c2cnc(Cl)nc12. The number of rotatable bonds is 8. The van der Waals surface area contributed by atoms with Crippen molar-refractivity contribution in [3.05, 3.63) is 157 Å². The number of phenolic OH excluding ortho intramolecular Hbond substituents is 1. The fourth-order valence-electron chi connectivity index (χ4n) is 9.36. The van der Waals surface area contributed by atoms with Gasteiger partial charge in [0, 0.05) is 121 Å². The van der Waals surface area contributed by atoms with E-state index in [4.69, 9.17) is 92.0 Å². The standard InChI is InChI=1S/C24H23ClN6O3.C11H14N2O2.C10H17BN2O2.C9H5BrCl2N2O.C8H4Cl2N2O/c1-30-14-16(12-27-30)18-11-20(25)19-13-26-24(29-21(19)22(18)33-2)28-17-5-3-15(4-6-17)23(32)31-7-9-34-10-8-31;12-10-3-1-9(2-4-10)11(14)13-5-7-15-8-6-13;1-9(2)10(3,4)15-11(14-9)8-6-7-13(5)12-8;1-15-8-5(10)2-6(11)4-3-13-9(12)14-7(4)8;9-5-1-2-6(13)7-4(5)3-11-8(10)12-7/h3-6,11-14H,7-10H2,1-2H3,(H,26,28,29);1-4H,5-8,12H2;6-7H,1-5H3;2-3H,1H3;1-3,13H. The molecule has 0 unspecified atom stereocenters. The number of benzene rings is 5. The maximum absolute atomic E-state index is 12.7. The molecule has 5 aromatic heterocycles. The third-order valence-corrected chi connectivity index (χ3v) is 16.8. The fraction of sp³-hybridized carbons (Fsp3) is 0.290. The highest BCUT2D eigenvalue weighted by Gasteiger charge is 2.52. The first kappa shape index (κ1) is 68.7. The maximum Gasteiger partial charge on any atom is 0.516 e. The minimum Gasteiger partial charge on any atom is -0.506 e. The Morgan fingerprint density at radius 1 is 0.641 bits per heavy atom. The van der Waals surface area contributed by atoms with Gasteiger partial charge in [0.25, 0.3) is 11.8 Å². The van der Waals surface area contributed by atoms with Gasteiger partial charge in [-0.25, -0.2) is 29.9 Å². The number of ether oxygens (including phenoxy) is 4. The van der Waals surface area contributed by atoms with E-state index in [9.17, 15) is 14.7 Å². The zero-order chi connectivity index (χ0) is 66.0. The van der Waals surface area contributed by atoms with Crippen LogP contribution in [0.2, 0.25) is 25.6 Å². The molecule has 3 aliphatic heterocycles. The molecule has 4 N–H and O–H groups in total. The van der Waals surface area contributed by atoms with E-state index >= 15 is 0 Å². The second-order valence-electron chi connectivity index (χ2n) is 21.7. The summed E-state index contributed by atoms with van der Waals surface area (Å²) in [5, 5.41) is 24.9. The molecule has 23 nitrogen and oxygen atoms in total. The molecule has 0 atom stereocenters. The Balaban J connectivity index is 0.000000146. The average Bonchev–Trinajstić information content (AvgIpc) is 1.31. The van der Waals surface area contributed by atoms with Crippen molar-refractivity contribution in [3.63, 3.8) is 0 Å². The molecule has 0 aliphatic carbocycles. The van der Waals surface area contributed by atoms with E-state index in [1.807, 2.05) is 78.4 Å². The lowest BCUT2D eigenvalue weighted by Gasteiger charge is -2.32. The summed E-state index contributed by atoms with van der Waals surface area (Å²) >= 11 is 33.0. The Labute approximate surface area is 563 Å². The van der Waals surface area contributed by atoms with Crippen LogP contribution in [-0.4, -0.2) is 161 Å². The van der Waals surface area contributed by atoms with E-state index in [1.165, 1.54) is 12.3 Å². The van der Waals surface area contributed by atoms with Crippen LogP contribution in [0.3, 0.4) is 0 Å². The number of hydrogen-bond acceptors (Lipinski definition) is 19. The number of aromatic nitrogens is 10. The van der Waals surface area contributed by atoms with Crippen molar-refractivity contribution in [1.82, 2.24) is 59.3 Å². The van der Waals surface area contributed by atoms with Gasteiger partial charge in [-0.2, -0.15) is 10.2 Å². The minimum atomic E-state index is -0.351. The Bertz CT molecular complexity index is 4240. The largest absolute Gasteiger partial charge is 0.516 e. The smallest absolute Gasteiger partial charge is 0.506 e. The Morgan fingerprint density at radius 3 is 1.67 bits per heavy atom. The van der Waals surface area contributed by atoms with E-state index in [0.717, 1.165) is 26.9 Å². The number of aromatic hydroxyl groups is 1. The highest BCUT2D eigenvalue weighted by Crippen LogP contribution is 2.41. The van der Waals surface area contributed by atoms with Crippen molar-refractivity contribution in [3.8, 4) is 28.4 Å². The Kier molecular flexibility index (Phi) is 22.7. The number of methoxy groups -OCH3 is 2. The average molecular weight is 1420 g/mol. The first-order valence-corrected chi connectivity index (χ1v) is 31.1. The quantitative estimate of drug-likeness (QED) is 0.0725. The summed E-state index contributed by atoms with van der Waals surface area (Å²) in [6, 6.07) is 22.8. The molecule has 0 radical (unpaired) electrons. The molecule has 0 spiro atoms. The molecule has 2 amide bonds. The molecule has 3 saturated heterocycles. The topological polar surface area (TPSA) is 267 Å². The van der Waals surface area contributed by atoms with Gasteiger partial charge in [0.15, 0.2) is 11.5 Å². The summed E-state index contributed by atoms with van der Waals surface area (Å²) < 4.78 is 37.4. The number of nitrogen functional groups attached to an aromatic ring is 1. The molecular weight excluding hydrogens is 1350 g/mol. The fourth-order valence-corrected chi connectivity index (χ4v) is 11.0. The van der Waals surface area contributed by atoms with Crippen molar-refractivity contribution in [2.45, 2.75) is 38.9 Å². The summed E-state index contributed by atoms with van der Waals surface area (Å²) in [6.45, 7) is 13.1. The van der Waals surface area contributed by atoms with Crippen LogP contribution in [0.25, 0.3) is 43.8 Å². The molecule has 3 aliphatic rings. The molecule has 10 aromatic rings. The molecule has 480 valence electrons. The highest BCUT2D eigenvalue weighted by atomic mass is 79.9. The second kappa shape index (κ2) is 30.4. The summed E-state index contributed by atoms with van der Waals surface area (Å²) in [4.78, 5) is 52.9. The van der Waals surface area contributed by atoms with Crippen LogP contribution in [-0.2, 0) is 32.9 Å². The minimum absolute atomic E-state index is 0.000820. The molecule has 5 aromatic carbocycles. The van der Waals surface area contributed by atoms with E-state index < -0.39 is 0 Å². The third-order valence-electron chi connectivity index (χ3n) is 14.9. The zero-order valence-corrected chi connectivity index (χ0v) is 56.5. The predicted octanol–water partition coefficient (Wildman–Crippen LogP) is 11.7. The molecular formula is C62H63BBrCl5N14O9. The van der Waals surface area contributed by atoms with Crippen molar-refractivity contribution >= 4 is 148 Å². The summed E-state index contributed by atoms with van der Waals surface area (Å²) in [7, 11) is 6.54. The number of morpholine rings is 2. The van der Waals surface area contributed by atoms with E-state index in [2.05, 4.69) is 61.3 Å². The van der Waals surface area contributed by atoms with Crippen LogP contribution in [0.4, 0.5) is 17.3 Å². The van der Waals surface area contributed by atoms with E-state index in [1.54, 1.807) is 101 Å². The number of halogens is 6. The number of nitrogens with two attached hydrogens (primary N) is 1. The van der Waals surface area contributed by atoms with Gasteiger partial charge in [0.05, 0.1) is 83.2 Å². The zero-order valence-electron chi connectivity index (χ0n) is 51.1. The van der Waals surface area contributed by atoms with E-state index in [0.29, 0.717) is 135 Å². The summed E-state index contributed by atoms with van der Waals surface area (Å²) in [5.74, 6) is 1.67. The maximum atomic E-state index is 12.7. The molecule has 0 saturated carbocycles. The van der Waals surface area contributed by atoms with Gasteiger partial charge in [-0.15, -0.1) is 0 Å². The van der Waals surface area contributed by atoms with Gasteiger partial charge < -0.3 is 54.2 Å². The van der Waals surface area contributed by atoms with Crippen molar-refractivity contribution in [1.29, 1.82) is 0 Å². The molecule has 13 rings (SSSR count). The summed E-state index contributed by atoms with van der Waals surface area (Å²) in [6.07, 6.45) is 10.2. The monoisotopic (exact) mass is 1410 g/mol. The lowest BCUT2D eigenvalue weighted by Crippen LogP contribution is -2.41. The van der Waals surface area contributed by atoms with E-state index in [-0.39, 0.29) is 46.5 Å². The number of anilines is 3. The van der Waals surface area contributed by atoms with Crippen LogP contribution in [0.5, 0.6) is 17.2 Å². The van der Waals surface area contributed by atoms with Crippen molar-refractivity contribution in [2.24, 2.45) is 14.1 Å². The van der Waals surface area contributed by atoms with Gasteiger partial charge in [-0.3, -0.25) is 19.0 Å². The van der Waals surface area contributed by atoms with Crippen LogP contribution < -0.4 is 26.1 Å². The van der Waals surface area contributed by atoms with Gasteiger partial charge in [0.2, 0.25) is 16.5 Å². The predicted molar refractivity (Wildman–Crippen MR) is 361 cm³/mol. The van der Waals surface area contributed by atoms with Crippen LogP contribution in [0.1, 0.15) is 48.4 Å². The molecule has 30 heteroatoms. The highest BCUT2D eigenvalue weighted by molar-refractivity contribution is 9.10. The van der Waals surface area contributed by atoms with Crippen LogP contribution in [0, 0.1) is 0 Å². The van der Waals surface area contributed by atoms with Crippen molar-refractivity contribution in [2.75, 3.05) is 77.9 Å². The van der Waals surface area contributed by atoms with Crippen LogP contribution >= 0.6 is 73.9 Å². The number of fused-ring (bicyclic) bond motifs is 3. The summed E-state index contributed by atoms with van der Waals surface area (Å²) in [5.41, 5.74) is 11.8.